The van der Waals surface area contributed by atoms with Crippen LogP contribution in [0.3, 0.4) is 0 Å². The molecule has 0 aliphatic carbocycles. The van der Waals surface area contributed by atoms with Crippen LogP contribution in [0.5, 0.6) is 0 Å². The first-order chi connectivity index (χ1) is 6.62. The molecule has 2 rings (SSSR count). The van der Waals surface area contributed by atoms with E-state index in [1.807, 2.05) is 0 Å². The van der Waals surface area contributed by atoms with Gasteiger partial charge in [0.15, 0.2) is 0 Å². The van der Waals surface area contributed by atoms with Gasteiger partial charge in [0, 0.05) is 0 Å². The molecule has 0 fully saturated rings. The van der Waals surface area contributed by atoms with Crippen LogP contribution in [0.25, 0.3) is 0 Å². The first-order valence-corrected chi connectivity index (χ1v) is 6.06. The molecule has 0 aromatic carbocycles. The minimum atomic E-state index is -3.48. The number of nitrogens with two attached hydrogens (primary N) is 1. The van der Waals surface area contributed by atoms with E-state index < -0.39 is 9.84 Å². The molecule has 0 radical (unpaired) electrons. The minimum Gasteiger partial charge on any atom is -0.383 e. The van der Waals surface area contributed by atoms with Crippen molar-refractivity contribution in [3.8, 4) is 0 Å². The van der Waals surface area contributed by atoms with Crippen molar-refractivity contribution < 1.29 is 8.42 Å². The van der Waals surface area contributed by atoms with E-state index in [0.29, 0.717) is 0 Å². The highest BCUT2D eigenvalue weighted by atomic mass is 32.2. The third-order valence-electron chi connectivity index (χ3n) is 1.68. The number of nitrogens with zero attached hydrogens (tertiary/aromatic N) is 1. The number of hydrogen-bond donors (Lipinski definition) is 2. The molecule has 0 spiro atoms. The van der Waals surface area contributed by atoms with Crippen LogP contribution in [-0.4, -0.2) is 18.6 Å². The lowest BCUT2D eigenvalue weighted by Gasteiger charge is -1.97. The third-order valence-corrected chi connectivity index (χ3v) is 4.86. The van der Waals surface area contributed by atoms with Crippen molar-refractivity contribution in [3.05, 3.63) is 23.7 Å². The predicted octanol–water partition coefficient (Wildman–Crippen LogP) is 0.886. The molecule has 0 saturated heterocycles. The molecule has 0 aliphatic heterocycles. The van der Waals surface area contributed by atoms with E-state index in [2.05, 4.69) is 10.2 Å². The van der Waals surface area contributed by atoms with Crippen LogP contribution >= 0.6 is 11.3 Å². The predicted molar refractivity (Wildman–Crippen MR) is 52.8 cm³/mol. The molecule has 3 N–H and O–H groups in total. The Morgan fingerprint density at radius 1 is 1.50 bits per heavy atom. The highest BCUT2D eigenvalue weighted by molar-refractivity contribution is 7.93. The minimum absolute atomic E-state index is 0.0277. The molecule has 2 aromatic heterocycles. The van der Waals surface area contributed by atoms with E-state index in [-0.39, 0.29) is 14.9 Å². The zero-order valence-corrected chi connectivity index (χ0v) is 8.60. The number of aromatic amines is 1. The summed E-state index contributed by atoms with van der Waals surface area (Å²) in [4.78, 5) is 0.0277. The van der Waals surface area contributed by atoms with Gasteiger partial charge in [-0.05, 0) is 11.4 Å². The second-order valence-electron chi connectivity index (χ2n) is 2.58. The number of aromatic nitrogens is 2. The summed E-state index contributed by atoms with van der Waals surface area (Å²) in [6.45, 7) is 0. The molecule has 7 heteroatoms. The Morgan fingerprint density at radius 2 is 2.29 bits per heavy atom. The van der Waals surface area contributed by atoms with Gasteiger partial charge in [-0.15, -0.1) is 11.3 Å². The molecule has 2 heterocycles. The zero-order chi connectivity index (χ0) is 10.2. The Balaban J connectivity index is 2.60. The van der Waals surface area contributed by atoms with E-state index in [0.717, 1.165) is 11.3 Å². The van der Waals surface area contributed by atoms with Crippen molar-refractivity contribution in [2.24, 2.45) is 0 Å². The maximum absolute atomic E-state index is 11.8. The van der Waals surface area contributed by atoms with Gasteiger partial charge in [-0.2, -0.15) is 5.10 Å². The Hall–Kier alpha value is -1.34. The second-order valence-corrected chi connectivity index (χ2v) is 5.68. The average Bonchev–Trinajstić information content (AvgIpc) is 2.72. The largest absolute Gasteiger partial charge is 0.383 e. The van der Waals surface area contributed by atoms with Crippen molar-refractivity contribution >= 4 is 27.0 Å². The number of hydrogen-bond acceptors (Lipinski definition) is 5. The van der Waals surface area contributed by atoms with Gasteiger partial charge < -0.3 is 5.73 Å². The standard InChI is InChI=1S/C7H7N3O2S2/c8-7-5(4-9-10-7)14(11,12)6-2-1-3-13-6/h1-4H,(H3,8,9,10). The monoisotopic (exact) mass is 229 g/mol. The highest BCUT2D eigenvalue weighted by Gasteiger charge is 2.22. The summed E-state index contributed by atoms with van der Waals surface area (Å²) >= 11 is 1.15. The number of sulfone groups is 1. The number of anilines is 1. The van der Waals surface area contributed by atoms with Crippen molar-refractivity contribution in [1.82, 2.24) is 10.2 Å². The van der Waals surface area contributed by atoms with Gasteiger partial charge in [-0.3, -0.25) is 5.10 Å². The molecule has 5 nitrogen and oxygen atoms in total. The first-order valence-electron chi connectivity index (χ1n) is 3.70. The molecular formula is C7H7N3O2S2. The number of H-pyrrole nitrogens is 1. The molecule has 0 bridgehead atoms. The van der Waals surface area contributed by atoms with Gasteiger partial charge in [-0.25, -0.2) is 8.42 Å². The van der Waals surface area contributed by atoms with E-state index in [4.69, 9.17) is 5.73 Å². The van der Waals surface area contributed by atoms with Gasteiger partial charge >= 0.3 is 0 Å². The molecule has 0 amide bonds. The lowest BCUT2D eigenvalue weighted by molar-refractivity contribution is 0.598. The molecule has 2 aromatic rings. The summed E-state index contributed by atoms with van der Waals surface area (Å²) in [5.74, 6) is 0.0680. The maximum Gasteiger partial charge on any atom is 0.221 e. The van der Waals surface area contributed by atoms with Gasteiger partial charge in [0.05, 0.1) is 6.20 Å². The van der Waals surface area contributed by atoms with Crippen molar-refractivity contribution in [1.29, 1.82) is 0 Å². The molecule has 0 atom stereocenters. The molecule has 0 aliphatic rings. The van der Waals surface area contributed by atoms with Crippen LogP contribution in [0.1, 0.15) is 0 Å². The number of rotatable bonds is 2. The maximum atomic E-state index is 11.8. The lowest BCUT2D eigenvalue weighted by Crippen LogP contribution is -2.01. The van der Waals surface area contributed by atoms with E-state index >= 15 is 0 Å². The second kappa shape index (κ2) is 3.10. The van der Waals surface area contributed by atoms with Crippen molar-refractivity contribution in [3.63, 3.8) is 0 Å². The quantitative estimate of drug-likeness (QED) is 0.800. The zero-order valence-electron chi connectivity index (χ0n) is 6.97. The van der Waals surface area contributed by atoms with Gasteiger partial charge in [0.1, 0.15) is 14.9 Å². The van der Waals surface area contributed by atoms with Gasteiger partial charge in [-0.1, -0.05) is 6.07 Å². The van der Waals surface area contributed by atoms with Crippen LogP contribution < -0.4 is 5.73 Å². The number of thiophene rings is 1. The van der Waals surface area contributed by atoms with Gasteiger partial charge in [0.2, 0.25) is 9.84 Å². The fraction of sp³-hybridized carbons (Fsp3) is 0. The smallest absolute Gasteiger partial charge is 0.221 e. The lowest BCUT2D eigenvalue weighted by atomic mass is 10.7. The topological polar surface area (TPSA) is 88.8 Å². The van der Waals surface area contributed by atoms with Crippen LogP contribution in [-0.2, 0) is 9.84 Å². The third kappa shape index (κ3) is 1.30. The van der Waals surface area contributed by atoms with Crippen LogP contribution in [0.15, 0.2) is 32.8 Å². The Kier molecular flexibility index (Phi) is 2.05. The summed E-state index contributed by atoms with van der Waals surface area (Å²) in [5, 5.41) is 7.66. The van der Waals surface area contributed by atoms with Crippen LogP contribution in [0.2, 0.25) is 0 Å². The SMILES string of the molecule is Nc1[nH]ncc1S(=O)(=O)c1cccs1. The molecule has 0 unspecified atom stereocenters. The van der Waals surface area contributed by atoms with Crippen LogP contribution in [0.4, 0.5) is 5.82 Å². The summed E-state index contributed by atoms with van der Waals surface area (Å²) in [7, 11) is -3.48. The first kappa shape index (κ1) is 9.22. The van der Waals surface area contributed by atoms with Crippen molar-refractivity contribution in [2.45, 2.75) is 9.10 Å². The van der Waals surface area contributed by atoms with E-state index in [1.54, 1.807) is 11.4 Å². The van der Waals surface area contributed by atoms with Crippen LogP contribution in [0, 0.1) is 0 Å². The summed E-state index contributed by atoms with van der Waals surface area (Å²) in [6, 6.07) is 3.21. The van der Waals surface area contributed by atoms with E-state index in [9.17, 15) is 8.42 Å². The molecule has 14 heavy (non-hydrogen) atoms. The van der Waals surface area contributed by atoms with E-state index in [1.165, 1.54) is 12.3 Å². The summed E-state index contributed by atoms with van der Waals surface area (Å²) < 4.78 is 24.0. The summed E-state index contributed by atoms with van der Waals surface area (Å²) in [6.07, 6.45) is 1.21. The Labute approximate surface area is 84.5 Å². The number of nitrogens with one attached hydrogen (secondary N) is 1. The average molecular weight is 229 g/mol. The van der Waals surface area contributed by atoms with Gasteiger partial charge in [0.25, 0.3) is 0 Å². The Bertz CT molecular complexity index is 527. The number of nitrogen functional groups attached to an aromatic ring is 1. The molecule has 74 valence electrons. The highest BCUT2D eigenvalue weighted by Crippen LogP contribution is 2.26. The fourth-order valence-corrected chi connectivity index (χ4v) is 3.42. The summed E-state index contributed by atoms with van der Waals surface area (Å²) in [5.41, 5.74) is 5.44. The Morgan fingerprint density at radius 3 is 2.79 bits per heavy atom. The van der Waals surface area contributed by atoms with Crippen molar-refractivity contribution in [2.75, 3.05) is 5.73 Å². The normalized spacial score (nSPS) is 11.7. The molecular weight excluding hydrogens is 222 g/mol. The molecule has 0 saturated carbocycles. The fourth-order valence-electron chi connectivity index (χ4n) is 1.02.